The summed E-state index contributed by atoms with van der Waals surface area (Å²) in [6, 6.07) is 4.54. The molecule has 3 aromatic rings. The van der Waals surface area contributed by atoms with E-state index < -0.39 is 10.0 Å². The van der Waals surface area contributed by atoms with Gasteiger partial charge in [-0.3, -0.25) is 0 Å². The lowest BCUT2D eigenvalue weighted by molar-refractivity contribution is 0.291. The van der Waals surface area contributed by atoms with Gasteiger partial charge in [0.2, 0.25) is 15.9 Å². The standard InChI is InChI=1S/C20H22ClN5O4S/c1-3-29-18-5-4-16(10-17(18)21)31(27,28)26-8-6-14(7-9-26)19-24-25-20(30-19)15-11-22-13(2)23-12-15/h4-5,10-12,14H,3,6-9H2,1-2H3. The van der Waals surface area contributed by atoms with Crippen LogP contribution in [0.25, 0.3) is 11.5 Å². The molecule has 1 aliphatic heterocycles. The van der Waals surface area contributed by atoms with Crippen LogP contribution in [0, 0.1) is 6.92 Å². The zero-order valence-corrected chi connectivity index (χ0v) is 18.7. The maximum absolute atomic E-state index is 13.0. The summed E-state index contributed by atoms with van der Waals surface area (Å²) in [6.07, 6.45) is 4.43. The molecule has 0 saturated carbocycles. The molecule has 0 bridgehead atoms. The van der Waals surface area contributed by atoms with Crippen molar-refractivity contribution in [1.29, 1.82) is 0 Å². The third-order valence-electron chi connectivity index (χ3n) is 5.11. The fourth-order valence-electron chi connectivity index (χ4n) is 3.43. The molecule has 31 heavy (non-hydrogen) atoms. The Morgan fingerprint density at radius 2 is 1.90 bits per heavy atom. The molecule has 4 rings (SSSR count). The fraction of sp³-hybridized carbons (Fsp3) is 0.400. The Kier molecular flexibility index (Phi) is 6.22. The largest absolute Gasteiger partial charge is 0.492 e. The molecular weight excluding hydrogens is 442 g/mol. The molecule has 0 spiro atoms. The van der Waals surface area contributed by atoms with E-state index in [1.165, 1.54) is 16.4 Å². The van der Waals surface area contributed by atoms with E-state index in [-0.39, 0.29) is 15.8 Å². The second kappa shape index (κ2) is 8.89. The van der Waals surface area contributed by atoms with Gasteiger partial charge in [-0.2, -0.15) is 4.31 Å². The number of hydrogen-bond donors (Lipinski definition) is 0. The quantitative estimate of drug-likeness (QED) is 0.546. The predicted octanol–water partition coefficient (Wildman–Crippen LogP) is 3.46. The number of hydrogen-bond acceptors (Lipinski definition) is 8. The molecule has 1 aliphatic rings. The van der Waals surface area contributed by atoms with Crippen LogP contribution >= 0.6 is 11.6 Å². The van der Waals surface area contributed by atoms with Crippen molar-refractivity contribution in [2.45, 2.75) is 37.5 Å². The Labute approximate surface area is 185 Å². The predicted molar refractivity (Wildman–Crippen MR) is 113 cm³/mol. The van der Waals surface area contributed by atoms with Gasteiger partial charge in [-0.05, 0) is 44.9 Å². The zero-order chi connectivity index (χ0) is 22.0. The van der Waals surface area contributed by atoms with Crippen LogP contribution < -0.4 is 4.74 Å². The highest BCUT2D eigenvalue weighted by atomic mass is 35.5. The molecular formula is C20H22ClN5O4S. The van der Waals surface area contributed by atoms with Gasteiger partial charge in [-0.25, -0.2) is 18.4 Å². The summed E-state index contributed by atoms with van der Waals surface area (Å²) in [5.74, 6) is 1.97. The van der Waals surface area contributed by atoms with Crippen molar-refractivity contribution in [3.63, 3.8) is 0 Å². The Bertz CT molecular complexity index is 1160. The van der Waals surface area contributed by atoms with E-state index in [9.17, 15) is 8.42 Å². The molecule has 0 radical (unpaired) electrons. The van der Waals surface area contributed by atoms with Gasteiger partial charge in [-0.15, -0.1) is 10.2 Å². The minimum atomic E-state index is -3.65. The number of aromatic nitrogens is 4. The summed E-state index contributed by atoms with van der Waals surface area (Å²) >= 11 is 6.17. The van der Waals surface area contributed by atoms with Crippen LogP contribution in [0.15, 0.2) is 39.9 Å². The molecule has 3 heterocycles. The Morgan fingerprint density at radius 1 is 1.19 bits per heavy atom. The summed E-state index contributed by atoms with van der Waals surface area (Å²) in [5.41, 5.74) is 0.650. The normalized spacial score (nSPS) is 15.8. The molecule has 1 saturated heterocycles. The van der Waals surface area contributed by atoms with E-state index in [4.69, 9.17) is 20.8 Å². The molecule has 164 valence electrons. The van der Waals surface area contributed by atoms with E-state index >= 15 is 0 Å². The summed E-state index contributed by atoms with van der Waals surface area (Å²) in [6.45, 7) is 4.79. The third-order valence-corrected chi connectivity index (χ3v) is 7.30. The van der Waals surface area contributed by atoms with Gasteiger partial charge >= 0.3 is 0 Å². The zero-order valence-electron chi connectivity index (χ0n) is 17.2. The molecule has 2 aromatic heterocycles. The first-order chi connectivity index (χ1) is 14.9. The van der Waals surface area contributed by atoms with E-state index in [1.54, 1.807) is 25.4 Å². The first-order valence-corrected chi connectivity index (χ1v) is 11.7. The van der Waals surface area contributed by atoms with E-state index in [0.29, 0.717) is 61.5 Å². The average Bonchev–Trinajstić information content (AvgIpc) is 3.26. The van der Waals surface area contributed by atoms with Crippen molar-refractivity contribution in [3.05, 3.63) is 47.3 Å². The van der Waals surface area contributed by atoms with Gasteiger partial charge in [0.15, 0.2) is 0 Å². The van der Waals surface area contributed by atoms with Crippen molar-refractivity contribution >= 4 is 21.6 Å². The van der Waals surface area contributed by atoms with Crippen LogP contribution in [0.5, 0.6) is 5.75 Å². The van der Waals surface area contributed by atoms with Crippen molar-refractivity contribution in [2.24, 2.45) is 0 Å². The number of halogens is 1. The van der Waals surface area contributed by atoms with Gasteiger partial charge < -0.3 is 9.15 Å². The second-order valence-electron chi connectivity index (χ2n) is 7.17. The van der Waals surface area contributed by atoms with Gasteiger partial charge in [-0.1, -0.05) is 11.6 Å². The summed E-state index contributed by atoms with van der Waals surface area (Å²) in [5, 5.41) is 8.51. The third kappa shape index (κ3) is 4.56. The number of benzene rings is 1. The first kappa shape index (κ1) is 21.7. The molecule has 9 nitrogen and oxygen atoms in total. The van der Waals surface area contributed by atoms with Crippen molar-refractivity contribution < 1.29 is 17.6 Å². The van der Waals surface area contributed by atoms with Crippen molar-refractivity contribution in [2.75, 3.05) is 19.7 Å². The lowest BCUT2D eigenvalue weighted by atomic mass is 9.98. The molecule has 11 heteroatoms. The smallest absolute Gasteiger partial charge is 0.250 e. The van der Waals surface area contributed by atoms with Crippen molar-refractivity contribution in [1.82, 2.24) is 24.5 Å². The molecule has 1 fully saturated rings. The maximum Gasteiger partial charge on any atom is 0.250 e. The number of aryl methyl sites for hydroxylation is 1. The van der Waals surface area contributed by atoms with Gasteiger partial charge in [0.25, 0.3) is 5.89 Å². The monoisotopic (exact) mass is 463 g/mol. The number of piperidine rings is 1. The number of sulfonamides is 1. The topological polar surface area (TPSA) is 111 Å². The van der Waals surface area contributed by atoms with Gasteiger partial charge in [0.1, 0.15) is 11.6 Å². The average molecular weight is 464 g/mol. The van der Waals surface area contributed by atoms with Crippen LogP contribution in [0.1, 0.15) is 37.4 Å². The highest BCUT2D eigenvalue weighted by Crippen LogP contribution is 2.33. The van der Waals surface area contributed by atoms with Gasteiger partial charge in [0, 0.05) is 31.4 Å². The number of ether oxygens (including phenoxy) is 1. The Balaban J connectivity index is 1.44. The minimum Gasteiger partial charge on any atom is -0.492 e. The second-order valence-corrected chi connectivity index (χ2v) is 9.51. The van der Waals surface area contributed by atoms with Crippen LogP contribution in [0.2, 0.25) is 5.02 Å². The highest BCUT2D eigenvalue weighted by molar-refractivity contribution is 7.89. The van der Waals surface area contributed by atoms with Crippen LogP contribution in [0.3, 0.4) is 0 Å². The summed E-state index contributed by atoms with van der Waals surface area (Å²) in [4.78, 5) is 8.42. The molecule has 0 unspecified atom stereocenters. The lowest BCUT2D eigenvalue weighted by Crippen LogP contribution is -2.38. The minimum absolute atomic E-state index is 0.0111. The highest BCUT2D eigenvalue weighted by Gasteiger charge is 2.32. The molecule has 0 amide bonds. The van der Waals surface area contributed by atoms with Crippen LogP contribution in [0.4, 0.5) is 0 Å². The Hall–Kier alpha value is -2.56. The maximum atomic E-state index is 13.0. The molecule has 0 aliphatic carbocycles. The van der Waals surface area contributed by atoms with Crippen LogP contribution in [-0.4, -0.2) is 52.6 Å². The summed E-state index contributed by atoms with van der Waals surface area (Å²) in [7, 11) is -3.65. The van der Waals surface area contributed by atoms with E-state index in [0.717, 1.165) is 0 Å². The fourth-order valence-corrected chi connectivity index (χ4v) is 5.22. The molecule has 1 aromatic carbocycles. The number of rotatable bonds is 6. The van der Waals surface area contributed by atoms with E-state index in [1.807, 2.05) is 6.92 Å². The summed E-state index contributed by atoms with van der Waals surface area (Å²) < 4.78 is 38.7. The lowest BCUT2D eigenvalue weighted by Gasteiger charge is -2.29. The first-order valence-electron chi connectivity index (χ1n) is 9.93. The van der Waals surface area contributed by atoms with Gasteiger partial charge in [0.05, 0.1) is 22.1 Å². The molecule has 0 N–H and O–H groups in total. The Morgan fingerprint density at radius 3 is 2.55 bits per heavy atom. The van der Waals surface area contributed by atoms with Crippen molar-refractivity contribution in [3.8, 4) is 17.2 Å². The molecule has 0 atom stereocenters. The number of nitrogens with zero attached hydrogens (tertiary/aromatic N) is 5. The SMILES string of the molecule is CCOc1ccc(S(=O)(=O)N2CCC(c3nnc(-c4cnc(C)nc4)o3)CC2)cc1Cl. The van der Waals surface area contributed by atoms with Crippen LogP contribution in [-0.2, 0) is 10.0 Å². The van der Waals surface area contributed by atoms with E-state index in [2.05, 4.69) is 20.2 Å².